The van der Waals surface area contributed by atoms with Crippen molar-refractivity contribution in [3.05, 3.63) is 65.2 Å². The molecule has 1 aliphatic heterocycles. The van der Waals surface area contributed by atoms with Crippen LogP contribution in [-0.2, 0) is 32.5 Å². The highest BCUT2D eigenvalue weighted by molar-refractivity contribution is 7.92. The number of hydrogen-bond acceptors (Lipinski definition) is 5. The van der Waals surface area contributed by atoms with E-state index in [9.17, 15) is 18.0 Å². The summed E-state index contributed by atoms with van der Waals surface area (Å²) in [7, 11) is -3.37. The molecule has 8 heteroatoms. The third-order valence-corrected chi connectivity index (χ3v) is 4.49. The fraction of sp³-hybridized carbons (Fsp3) is 0.222. The van der Waals surface area contributed by atoms with Gasteiger partial charge in [0, 0.05) is 18.7 Å². The summed E-state index contributed by atoms with van der Waals surface area (Å²) in [5.74, 6) is -0.902. The fourth-order valence-electron chi connectivity index (χ4n) is 2.74. The van der Waals surface area contributed by atoms with E-state index in [0.29, 0.717) is 17.7 Å². The van der Waals surface area contributed by atoms with Gasteiger partial charge in [-0.25, -0.2) is 13.2 Å². The van der Waals surface area contributed by atoms with Crippen LogP contribution in [0.1, 0.15) is 21.5 Å². The van der Waals surface area contributed by atoms with Crippen molar-refractivity contribution in [2.45, 2.75) is 19.1 Å². The molecule has 1 atom stereocenters. The number of amides is 1. The summed E-state index contributed by atoms with van der Waals surface area (Å²) >= 11 is 0. The van der Waals surface area contributed by atoms with Crippen LogP contribution in [0.25, 0.3) is 0 Å². The first-order valence-electron chi connectivity index (χ1n) is 7.95. The molecule has 0 saturated carbocycles. The summed E-state index contributed by atoms with van der Waals surface area (Å²) in [6.07, 6.45) is 0.509. The molecule has 0 aromatic heterocycles. The second kappa shape index (κ2) is 7.17. The fourth-order valence-corrected chi connectivity index (χ4v) is 3.29. The van der Waals surface area contributed by atoms with E-state index in [-0.39, 0.29) is 6.54 Å². The van der Waals surface area contributed by atoms with E-state index in [2.05, 4.69) is 10.0 Å². The molecule has 0 spiro atoms. The molecule has 1 aliphatic rings. The molecule has 0 aliphatic carbocycles. The molecule has 1 heterocycles. The van der Waals surface area contributed by atoms with Crippen molar-refractivity contribution in [3.8, 4) is 0 Å². The average Bonchev–Trinajstić information content (AvgIpc) is 2.58. The minimum absolute atomic E-state index is 0.188. The number of carbonyl (C=O) groups is 2. The van der Waals surface area contributed by atoms with Gasteiger partial charge in [0.15, 0.2) is 6.10 Å². The molecule has 1 amide bonds. The Hall–Kier alpha value is -2.87. The van der Waals surface area contributed by atoms with Gasteiger partial charge in [0.1, 0.15) is 0 Å². The second-order valence-corrected chi connectivity index (χ2v) is 7.80. The maximum absolute atomic E-state index is 12.3. The Kier molecular flexibility index (Phi) is 4.94. The largest absolute Gasteiger partial charge is 0.448 e. The molecule has 0 radical (unpaired) electrons. The SMILES string of the molecule is CS(=O)(=O)Nc1cccc(CNC(=O)[C@H]2Cc3ccccc3C(=O)O2)c1. The topological polar surface area (TPSA) is 102 Å². The van der Waals surface area contributed by atoms with E-state index in [1.54, 1.807) is 42.5 Å². The number of ether oxygens (including phenoxy) is 1. The summed E-state index contributed by atoms with van der Waals surface area (Å²) in [6.45, 7) is 0.188. The van der Waals surface area contributed by atoms with Crippen molar-refractivity contribution in [1.82, 2.24) is 5.32 Å². The van der Waals surface area contributed by atoms with E-state index in [4.69, 9.17) is 4.74 Å². The monoisotopic (exact) mass is 374 g/mol. The smallest absolute Gasteiger partial charge is 0.339 e. The van der Waals surface area contributed by atoms with E-state index < -0.39 is 28.0 Å². The van der Waals surface area contributed by atoms with Gasteiger partial charge in [-0.1, -0.05) is 30.3 Å². The van der Waals surface area contributed by atoms with Gasteiger partial charge in [-0.05, 0) is 29.3 Å². The molecule has 3 rings (SSSR count). The Balaban J connectivity index is 1.63. The Morgan fingerprint density at radius 1 is 1.19 bits per heavy atom. The first kappa shape index (κ1) is 17.9. The van der Waals surface area contributed by atoms with E-state index in [1.165, 1.54) is 0 Å². The number of carbonyl (C=O) groups excluding carboxylic acids is 2. The first-order chi connectivity index (χ1) is 12.3. The number of esters is 1. The molecule has 2 aromatic carbocycles. The number of sulfonamides is 1. The molecular formula is C18H18N2O5S. The van der Waals surface area contributed by atoms with E-state index >= 15 is 0 Å². The summed E-state index contributed by atoms with van der Waals surface area (Å²) in [4.78, 5) is 24.3. The van der Waals surface area contributed by atoms with Crippen LogP contribution in [0.2, 0.25) is 0 Å². The van der Waals surface area contributed by atoms with Gasteiger partial charge in [0.05, 0.1) is 11.8 Å². The molecule has 0 fully saturated rings. The van der Waals surface area contributed by atoms with Crippen molar-refractivity contribution in [2.24, 2.45) is 0 Å². The number of cyclic esters (lactones) is 1. The lowest BCUT2D eigenvalue weighted by atomic mass is 9.98. The molecule has 136 valence electrons. The Labute approximate surface area is 151 Å². The highest BCUT2D eigenvalue weighted by Crippen LogP contribution is 2.20. The normalized spacial score (nSPS) is 16.3. The van der Waals surface area contributed by atoms with Gasteiger partial charge in [0.25, 0.3) is 5.91 Å². The number of nitrogens with one attached hydrogen (secondary N) is 2. The summed E-state index contributed by atoms with van der Waals surface area (Å²) in [5.41, 5.74) is 2.39. The summed E-state index contributed by atoms with van der Waals surface area (Å²) in [6, 6.07) is 13.7. The second-order valence-electron chi connectivity index (χ2n) is 6.05. The van der Waals surface area contributed by atoms with Crippen LogP contribution >= 0.6 is 0 Å². The van der Waals surface area contributed by atoms with Gasteiger partial charge in [0.2, 0.25) is 10.0 Å². The lowest BCUT2D eigenvalue weighted by molar-refractivity contribution is -0.130. The lowest BCUT2D eigenvalue weighted by Gasteiger charge is -2.23. The third-order valence-electron chi connectivity index (χ3n) is 3.88. The Morgan fingerprint density at radius 2 is 1.96 bits per heavy atom. The minimum atomic E-state index is -3.37. The Morgan fingerprint density at radius 3 is 2.73 bits per heavy atom. The zero-order valence-corrected chi connectivity index (χ0v) is 14.9. The molecule has 0 saturated heterocycles. The van der Waals surface area contributed by atoms with Gasteiger partial charge in [-0.15, -0.1) is 0 Å². The average molecular weight is 374 g/mol. The molecule has 26 heavy (non-hydrogen) atoms. The van der Waals surface area contributed by atoms with E-state index in [0.717, 1.165) is 17.4 Å². The predicted octanol–water partition coefficient (Wildman–Crippen LogP) is 1.46. The van der Waals surface area contributed by atoms with Crippen LogP contribution in [0.5, 0.6) is 0 Å². The molecule has 7 nitrogen and oxygen atoms in total. The minimum Gasteiger partial charge on any atom is -0.448 e. The first-order valence-corrected chi connectivity index (χ1v) is 9.84. The summed E-state index contributed by atoms with van der Waals surface area (Å²) in [5, 5.41) is 2.72. The maximum atomic E-state index is 12.3. The maximum Gasteiger partial charge on any atom is 0.339 e. The van der Waals surface area contributed by atoms with Crippen molar-refractivity contribution in [1.29, 1.82) is 0 Å². The Bertz CT molecular complexity index is 956. The standard InChI is InChI=1S/C18H18N2O5S/c1-26(23,24)20-14-7-4-5-12(9-14)11-19-17(21)16-10-13-6-2-3-8-15(13)18(22)25-16/h2-9,16,20H,10-11H2,1H3,(H,19,21)/t16-/m1/s1. The molecular weight excluding hydrogens is 356 g/mol. The zero-order valence-electron chi connectivity index (χ0n) is 14.1. The van der Waals surface area contributed by atoms with Gasteiger partial charge < -0.3 is 10.1 Å². The molecule has 0 bridgehead atoms. The van der Waals surface area contributed by atoms with Crippen LogP contribution < -0.4 is 10.0 Å². The van der Waals surface area contributed by atoms with Crippen molar-refractivity contribution in [3.63, 3.8) is 0 Å². The number of benzene rings is 2. The van der Waals surface area contributed by atoms with Crippen LogP contribution in [0, 0.1) is 0 Å². The van der Waals surface area contributed by atoms with Crippen LogP contribution in [-0.4, -0.2) is 32.7 Å². The third kappa shape index (κ3) is 4.40. The van der Waals surface area contributed by atoms with Crippen molar-refractivity contribution >= 4 is 27.6 Å². The summed E-state index contributed by atoms with van der Waals surface area (Å²) < 4.78 is 30.2. The molecule has 2 N–H and O–H groups in total. The van der Waals surface area contributed by atoms with Crippen molar-refractivity contribution in [2.75, 3.05) is 11.0 Å². The van der Waals surface area contributed by atoms with Gasteiger partial charge in [-0.2, -0.15) is 0 Å². The van der Waals surface area contributed by atoms with Crippen LogP contribution in [0.3, 0.4) is 0 Å². The van der Waals surface area contributed by atoms with Crippen LogP contribution in [0.4, 0.5) is 5.69 Å². The lowest BCUT2D eigenvalue weighted by Crippen LogP contribution is -2.41. The van der Waals surface area contributed by atoms with E-state index in [1.807, 2.05) is 6.07 Å². The van der Waals surface area contributed by atoms with Crippen molar-refractivity contribution < 1.29 is 22.7 Å². The number of rotatable bonds is 5. The number of hydrogen-bond donors (Lipinski definition) is 2. The van der Waals surface area contributed by atoms with Gasteiger partial charge in [-0.3, -0.25) is 9.52 Å². The quantitative estimate of drug-likeness (QED) is 0.772. The highest BCUT2D eigenvalue weighted by atomic mass is 32.2. The predicted molar refractivity (Wildman–Crippen MR) is 96.1 cm³/mol. The van der Waals surface area contributed by atoms with Crippen LogP contribution in [0.15, 0.2) is 48.5 Å². The zero-order chi connectivity index (χ0) is 18.7. The van der Waals surface area contributed by atoms with Gasteiger partial charge >= 0.3 is 5.97 Å². The number of anilines is 1. The molecule has 2 aromatic rings. The number of fused-ring (bicyclic) bond motifs is 1. The highest BCUT2D eigenvalue weighted by Gasteiger charge is 2.30. The molecule has 0 unspecified atom stereocenters.